The van der Waals surface area contributed by atoms with Gasteiger partial charge in [-0.2, -0.15) is 0 Å². The Balaban J connectivity index is 0.000000645. The molecule has 180 valence electrons. The van der Waals surface area contributed by atoms with E-state index in [0.717, 1.165) is 6.92 Å². The maximum atomic E-state index is 11.7. The minimum atomic E-state index is -1.76. The van der Waals surface area contributed by atoms with Crippen molar-refractivity contribution in [2.45, 2.75) is 45.4 Å². The van der Waals surface area contributed by atoms with Crippen LogP contribution in [0.25, 0.3) is 0 Å². The summed E-state index contributed by atoms with van der Waals surface area (Å²) in [5.74, 6) is -3.13. The first-order chi connectivity index (χ1) is 15.2. The molecule has 0 saturated carbocycles. The number of nitrogens with one attached hydrogen (secondary N) is 1. The number of carboxylic acid groups (broad SMARTS) is 3. The summed E-state index contributed by atoms with van der Waals surface area (Å²) in [5, 5.41) is 36.8. The molecular formula is C23H29NO9. The lowest BCUT2D eigenvalue weighted by molar-refractivity contribution is -0.148. The average Bonchev–Trinajstić information content (AvgIpc) is 2.71. The van der Waals surface area contributed by atoms with Crippen molar-refractivity contribution in [3.8, 4) is 0 Å². The van der Waals surface area contributed by atoms with E-state index in [-0.39, 0.29) is 0 Å². The molecule has 0 heterocycles. The highest BCUT2D eigenvalue weighted by molar-refractivity contribution is 5.87. The Morgan fingerprint density at radius 1 is 0.848 bits per heavy atom. The number of carbonyl (C=O) groups is 4. The highest BCUT2D eigenvalue weighted by Crippen LogP contribution is 2.18. The molecule has 0 saturated heterocycles. The maximum absolute atomic E-state index is 11.7. The number of ether oxygens (including phenoxy) is 1. The molecule has 0 aliphatic heterocycles. The molecule has 5 N–H and O–H groups in total. The smallest absolute Gasteiger partial charge is 0.408 e. The number of benzene rings is 2. The molecule has 0 aliphatic carbocycles. The van der Waals surface area contributed by atoms with Gasteiger partial charge >= 0.3 is 18.0 Å². The van der Waals surface area contributed by atoms with Gasteiger partial charge in [0, 0.05) is 6.92 Å². The summed E-state index contributed by atoms with van der Waals surface area (Å²) in [4.78, 5) is 41.9. The molecule has 2 aromatic rings. The second-order valence-electron chi connectivity index (χ2n) is 7.51. The minimum absolute atomic E-state index is 0.331. The molecular weight excluding hydrogens is 434 g/mol. The fraction of sp³-hybridized carbons (Fsp3) is 0.304. The first kappa shape index (κ1) is 29.1. The third-order valence-electron chi connectivity index (χ3n) is 3.42. The van der Waals surface area contributed by atoms with E-state index in [2.05, 4.69) is 5.32 Å². The number of aliphatic hydroxyl groups is 1. The van der Waals surface area contributed by atoms with Gasteiger partial charge in [0.05, 0.1) is 11.6 Å². The average molecular weight is 463 g/mol. The van der Waals surface area contributed by atoms with E-state index in [0.29, 0.717) is 11.1 Å². The van der Waals surface area contributed by atoms with Crippen LogP contribution in [0, 0.1) is 0 Å². The van der Waals surface area contributed by atoms with Crippen LogP contribution in [-0.2, 0) is 14.3 Å². The number of rotatable bonds is 5. The van der Waals surface area contributed by atoms with Crippen LogP contribution in [0.2, 0.25) is 0 Å². The van der Waals surface area contributed by atoms with Gasteiger partial charge in [-0.3, -0.25) is 4.79 Å². The van der Waals surface area contributed by atoms with E-state index in [4.69, 9.17) is 24.9 Å². The molecule has 10 heteroatoms. The van der Waals surface area contributed by atoms with Crippen molar-refractivity contribution in [1.82, 2.24) is 5.32 Å². The monoisotopic (exact) mass is 463 g/mol. The van der Waals surface area contributed by atoms with Crippen molar-refractivity contribution in [2.75, 3.05) is 0 Å². The summed E-state index contributed by atoms with van der Waals surface area (Å²) in [7, 11) is 0. The van der Waals surface area contributed by atoms with Gasteiger partial charge in [0.2, 0.25) is 0 Å². The van der Waals surface area contributed by atoms with Gasteiger partial charge < -0.3 is 30.5 Å². The molecule has 2 atom stereocenters. The van der Waals surface area contributed by atoms with E-state index in [1.54, 1.807) is 81.4 Å². The summed E-state index contributed by atoms with van der Waals surface area (Å²) < 4.78 is 5.07. The van der Waals surface area contributed by atoms with Crippen LogP contribution in [0.4, 0.5) is 4.79 Å². The quantitative estimate of drug-likeness (QED) is 0.447. The highest BCUT2D eigenvalue weighted by Gasteiger charge is 2.30. The summed E-state index contributed by atoms with van der Waals surface area (Å²) in [6.07, 6.45) is -2.54. The number of amides is 1. The Hall–Kier alpha value is -3.92. The molecule has 0 fully saturated rings. The van der Waals surface area contributed by atoms with E-state index in [9.17, 15) is 19.5 Å². The zero-order valence-electron chi connectivity index (χ0n) is 18.8. The molecule has 0 unspecified atom stereocenters. The summed E-state index contributed by atoms with van der Waals surface area (Å²) >= 11 is 0. The lowest BCUT2D eigenvalue weighted by Gasteiger charge is -2.25. The van der Waals surface area contributed by atoms with E-state index < -0.39 is 41.7 Å². The first-order valence-electron chi connectivity index (χ1n) is 9.67. The van der Waals surface area contributed by atoms with Crippen LogP contribution in [0.5, 0.6) is 0 Å². The molecule has 1 amide bonds. The maximum Gasteiger partial charge on any atom is 0.408 e. The van der Waals surface area contributed by atoms with Crippen molar-refractivity contribution < 1.29 is 44.3 Å². The van der Waals surface area contributed by atoms with Crippen LogP contribution < -0.4 is 5.32 Å². The zero-order chi connectivity index (χ0) is 25.6. The fourth-order valence-corrected chi connectivity index (χ4v) is 2.16. The Bertz CT molecular complexity index is 889. The number of hydrogen-bond acceptors (Lipinski definition) is 6. The van der Waals surface area contributed by atoms with Crippen molar-refractivity contribution >= 4 is 24.0 Å². The van der Waals surface area contributed by atoms with E-state index in [1.807, 2.05) is 0 Å². The van der Waals surface area contributed by atoms with Crippen LogP contribution in [-0.4, -0.2) is 56.1 Å². The van der Waals surface area contributed by atoms with Gasteiger partial charge in [-0.05, 0) is 38.5 Å². The lowest BCUT2D eigenvalue weighted by atomic mass is 10.0. The van der Waals surface area contributed by atoms with E-state index in [1.165, 1.54) is 0 Å². The number of carbonyl (C=O) groups excluding carboxylic acids is 1. The van der Waals surface area contributed by atoms with Crippen molar-refractivity contribution in [1.29, 1.82) is 0 Å². The second kappa shape index (κ2) is 14.2. The van der Waals surface area contributed by atoms with Crippen LogP contribution in [0.1, 0.15) is 49.7 Å². The first-order valence-corrected chi connectivity index (χ1v) is 9.67. The molecule has 33 heavy (non-hydrogen) atoms. The fourth-order valence-electron chi connectivity index (χ4n) is 2.16. The highest BCUT2D eigenvalue weighted by atomic mass is 16.6. The topological polar surface area (TPSA) is 170 Å². The van der Waals surface area contributed by atoms with Gasteiger partial charge in [-0.25, -0.2) is 14.4 Å². The summed E-state index contributed by atoms with van der Waals surface area (Å²) in [6.45, 7) is 6.16. The zero-order valence-corrected chi connectivity index (χ0v) is 18.8. The third kappa shape index (κ3) is 13.9. The molecule has 0 spiro atoms. The number of aliphatic hydroxyl groups excluding tert-OH is 1. The number of hydrogen-bond donors (Lipinski definition) is 5. The number of aliphatic carboxylic acids is 2. The predicted molar refractivity (Wildman–Crippen MR) is 119 cm³/mol. The SMILES string of the molecule is CC(=O)O.CC(C)(C)OC(=O)N[C@@H](c1ccccc1)[C@@H](O)C(=O)O.O=C(O)c1ccccc1. The Morgan fingerprint density at radius 2 is 1.27 bits per heavy atom. The van der Waals surface area contributed by atoms with Crippen LogP contribution in [0.3, 0.4) is 0 Å². The molecule has 0 aromatic heterocycles. The van der Waals surface area contributed by atoms with Gasteiger partial charge in [0.25, 0.3) is 5.97 Å². The molecule has 2 rings (SSSR count). The van der Waals surface area contributed by atoms with E-state index >= 15 is 0 Å². The standard InChI is InChI=1S/C14H19NO5.C7H6O2.C2H4O2/c1-14(2,3)20-13(19)15-10(11(16)12(17)18)9-7-5-4-6-8-9;8-7(9)6-4-2-1-3-5-6;1-2(3)4/h4-8,10-11,16H,1-3H3,(H,15,19)(H,17,18);1-5H,(H,8,9);1H3,(H,3,4)/t10-,11+;;/m0../s1. The van der Waals surface area contributed by atoms with Gasteiger partial charge in [-0.1, -0.05) is 48.5 Å². The second-order valence-corrected chi connectivity index (χ2v) is 7.51. The molecule has 0 bridgehead atoms. The minimum Gasteiger partial charge on any atom is -0.481 e. The van der Waals surface area contributed by atoms with Crippen molar-refractivity contribution in [3.05, 3.63) is 71.8 Å². The van der Waals surface area contributed by atoms with Crippen LogP contribution in [0.15, 0.2) is 60.7 Å². The Labute approximate surface area is 191 Å². The van der Waals surface area contributed by atoms with Crippen molar-refractivity contribution in [2.24, 2.45) is 0 Å². The molecule has 0 aliphatic rings. The number of alkyl carbamates (subject to hydrolysis) is 1. The summed E-state index contributed by atoms with van der Waals surface area (Å²) in [5.41, 5.74) is 0.102. The molecule has 0 radical (unpaired) electrons. The molecule has 2 aromatic carbocycles. The van der Waals surface area contributed by atoms with Crippen LogP contribution >= 0.6 is 0 Å². The normalized spacial score (nSPS) is 11.8. The predicted octanol–water partition coefficient (Wildman–Crippen LogP) is 3.17. The number of carboxylic acids is 3. The third-order valence-corrected chi connectivity index (χ3v) is 3.42. The van der Waals surface area contributed by atoms with Gasteiger partial charge in [0.15, 0.2) is 6.10 Å². The van der Waals surface area contributed by atoms with Crippen molar-refractivity contribution in [3.63, 3.8) is 0 Å². The largest absolute Gasteiger partial charge is 0.481 e. The van der Waals surface area contributed by atoms with Gasteiger partial charge in [0.1, 0.15) is 5.60 Å². The van der Waals surface area contributed by atoms with Gasteiger partial charge in [-0.15, -0.1) is 0 Å². The Kier molecular flexibility index (Phi) is 12.5. The lowest BCUT2D eigenvalue weighted by Crippen LogP contribution is -2.42. The number of aromatic carboxylic acids is 1. The molecule has 10 nitrogen and oxygen atoms in total. The Morgan fingerprint density at radius 3 is 1.61 bits per heavy atom. The summed E-state index contributed by atoms with van der Waals surface area (Å²) in [6, 6.07) is 15.6.